The van der Waals surface area contributed by atoms with Gasteiger partial charge in [-0.25, -0.2) is 0 Å². The van der Waals surface area contributed by atoms with E-state index < -0.39 is 8.07 Å². The van der Waals surface area contributed by atoms with E-state index in [0.29, 0.717) is 0 Å². The smallest absolute Gasteiger partial charge is 0.199 e. The van der Waals surface area contributed by atoms with Crippen LogP contribution < -0.4 is 56.6 Å². The summed E-state index contributed by atoms with van der Waals surface area (Å²) in [5.74, 6) is 0. The monoisotopic (exact) mass is 202 g/mol. The molecule has 0 fully saturated rings. The largest absolute Gasteiger partial charge is 1.00 e. The van der Waals surface area contributed by atoms with Crippen LogP contribution in [0, 0.1) is 6.92 Å². The fraction of sp³-hybridized carbons (Fsp3) is 0.300. The summed E-state index contributed by atoms with van der Waals surface area (Å²) in [6, 6.07) is 8.55. The van der Waals surface area contributed by atoms with Gasteiger partial charge in [0.2, 0.25) is 0 Å². The summed E-state index contributed by atoms with van der Waals surface area (Å²) in [4.78, 5) is 0. The quantitative estimate of drug-likeness (QED) is 0.422. The van der Waals surface area contributed by atoms with Crippen molar-refractivity contribution in [2.75, 3.05) is 0 Å². The van der Waals surface area contributed by atoms with Crippen molar-refractivity contribution in [3.05, 3.63) is 36.8 Å². The Kier molecular flexibility index (Phi) is 5.37. The fourth-order valence-electron chi connectivity index (χ4n) is 1.04. The molecule has 0 aliphatic carbocycles. The third-order valence-electron chi connectivity index (χ3n) is 1.79. The van der Waals surface area contributed by atoms with Crippen molar-refractivity contribution in [2.24, 2.45) is 0 Å². The molecule has 0 saturated carbocycles. The molecule has 0 bridgehead atoms. The summed E-state index contributed by atoms with van der Waals surface area (Å²) >= 11 is 0. The molecule has 0 nitrogen and oxygen atoms in total. The summed E-state index contributed by atoms with van der Waals surface area (Å²) in [7, 11) is -1.10. The van der Waals surface area contributed by atoms with Gasteiger partial charge in [-0.05, 0) is 0 Å². The molecule has 0 unspecified atom stereocenters. The van der Waals surface area contributed by atoms with Gasteiger partial charge in [0.1, 0.15) is 0 Å². The first-order valence-corrected chi connectivity index (χ1v) is 7.42. The molecule has 1 rings (SSSR count). The molecule has 0 radical (unpaired) electrons. The summed E-state index contributed by atoms with van der Waals surface area (Å²) in [5.41, 5.74) is 1.13. The maximum absolute atomic E-state index is 3.92. The van der Waals surface area contributed by atoms with Crippen molar-refractivity contribution in [1.82, 2.24) is 0 Å². The molecule has 0 amide bonds. The van der Waals surface area contributed by atoms with Crippen LogP contribution in [0.15, 0.2) is 24.3 Å². The second-order valence-electron chi connectivity index (χ2n) is 3.95. The standard InChI is InChI=1S/C10H15Si.K/c1-9-6-5-7-10(8-9)11(2,3)4;/h5-8H,1H2,2-4H3;/q-1;+1. The molecule has 0 N–H and O–H groups in total. The van der Waals surface area contributed by atoms with Gasteiger partial charge in [0.25, 0.3) is 0 Å². The summed E-state index contributed by atoms with van der Waals surface area (Å²) in [5, 5.41) is 1.49. The minimum atomic E-state index is -1.10. The van der Waals surface area contributed by atoms with Gasteiger partial charge in [-0.15, -0.1) is 11.3 Å². The summed E-state index contributed by atoms with van der Waals surface area (Å²) in [6.45, 7) is 11.0. The van der Waals surface area contributed by atoms with Crippen LogP contribution in [0.3, 0.4) is 0 Å². The van der Waals surface area contributed by atoms with Gasteiger partial charge in [-0.1, -0.05) is 25.7 Å². The van der Waals surface area contributed by atoms with Crippen molar-refractivity contribution in [3.63, 3.8) is 0 Å². The van der Waals surface area contributed by atoms with E-state index in [1.54, 1.807) is 0 Å². The van der Waals surface area contributed by atoms with Crippen LogP contribution >= 0.6 is 0 Å². The Morgan fingerprint density at radius 2 is 1.75 bits per heavy atom. The van der Waals surface area contributed by atoms with E-state index >= 15 is 0 Å². The SMILES string of the molecule is [CH2-]c1cccc([Si](C)(C)C)c1.[K+]. The van der Waals surface area contributed by atoms with Gasteiger partial charge in [0.15, 0.2) is 0 Å². The van der Waals surface area contributed by atoms with Gasteiger partial charge < -0.3 is 0 Å². The molecule has 1 aromatic rings. The van der Waals surface area contributed by atoms with E-state index in [-0.39, 0.29) is 51.4 Å². The van der Waals surface area contributed by atoms with Crippen LogP contribution in [0.2, 0.25) is 19.6 Å². The number of hydrogen-bond acceptors (Lipinski definition) is 0. The normalized spacial score (nSPS) is 10.6. The van der Waals surface area contributed by atoms with Gasteiger partial charge in [-0.2, -0.15) is 24.6 Å². The third kappa shape index (κ3) is 3.77. The minimum Gasteiger partial charge on any atom is -0.199 e. The number of hydrogen-bond donors (Lipinski definition) is 0. The van der Waals surface area contributed by atoms with E-state index in [9.17, 15) is 0 Å². The Hall–Kier alpha value is 0.943. The topological polar surface area (TPSA) is 0 Å². The van der Waals surface area contributed by atoms with Crippen LogP contribution in [-0.2, 0) is 0 Å². The van der Waals surface area contributed by atoms with Crippen LogP contribution in [0.25, 0.3) is 0 Å². The third-order valence-corrected chi connectivity index (χ3v) is 3.84. The Bertz CT molecular complexity index is 250. The molecule has 0 heterocycles. The van der Waals surface area contributed by atoms with Crippen molar-refractivity contribution in [2.45, 2.75) is 19.6 Å². The molecular formula is C10H15KSi. The van der Waals surface area contributed by atoms with Crippen molar-refractivity contribution >= 4 is 13.3 Å². The molecule has 0 aliphatic heterocycles. The first kappa shape index (κ1) is 12.9. The average Bonchev–Trinajstić information content (AvgIpc) is 1.86. The van der Waals surface area contributed by atoms with Crippen molar-refractivity contribution in [3.8, 4) is 0 Å². The second kappa shape index (κ2) is 4.98. The minimum absolute atomic E-state index is 0. The second-order valence-corrected chi connectivity index (χ2v) is 9.03. The molecule has 1 aromatic carbocycles. The van der Waals surface area contributed by atoms with E-state index in [4.69, 9.17) is 0 Å². The van der Waals surface area contributed by atoms with Gasteiger partial charge >= 0.3 is 51.4 Å². The first-order chi connectivity index (χ1) is 5.00. The number of rotatable bonds is 1. The molecule has 0 aliphatic rings. The Morgan fingerprint density at radius 1 is 1.17 bits per heavy atom. The first-order valence-electron chi connectivity index (χ1n) is 3.92. The molecule has 2 heteroatoms. The molecule has 0 aromatic heterocycles. The van der Waals surface area contributed by atoms with E-state index in [1.165, 1.54) is 5.19 Å². The number of benzene rings is 1. The van der Waals surface area contributed by atoms with E-state index in [0.717, 1.165) is 5.56 Å². The van der Waals surface area contributed by atoms with E-state index in [1.807, 2.05) is 6.07 Å². The maximum Gasteiger partial charge on any atom is 1.00 e. The maximum atomic E-state index is 3.92. The van der Waals surface area contributed by atoms with Crippen LogP contribution in [0.4, 0.5) is 0 Å². The van der Waals surface area contributed by atoms with Crippen LogP contribution in [0.1, 0.15) is 5.56 Å². The Morgan fingerprint density at radius 3 is 2.08 bits per heavy atom. The zero-order valence-electron chi connectivity index (χ0n) is 8.52. The zero-order valence-corrected chi connectivity index (χ0v) is 12.6. The van der Waals surface area contributed by atoms with Gasteiger partial charge in [-0.3, -0.25) is 0 Å². The Balaban J connectivity index is 0.00000121. The van der Waals surface area contributed by atoms with E-state index in [2.05, 4.69) is 44.8 Å². The molecular weight excluding hydrogens is 187 g/mol. The summed E-state index contributed by atoms with van der Waals surface area (Å²) < 4.78 is 0. The van der Waals surface area contributed by atoms with Crippen molar-refractivity contribution < 1.29 is 51.4 Å². The van der Waals surface area contributed by atoms with Crippen molar-refractivity contribution in [1.29, 1.82) is 0 Å². The molecule has 0 spiro atoms. The van der Waals surface area contributed by atoms with Crippen LogP contribution in [0.5, 0.6) is 0 Å². The fourth-order valence-corrected chi connectivity index (χ4v) is 2.25. The molecule has 60 valence electrons. The molecule has 0 saturated heterocycles. The molecule has 0 atom stereocenters. The van der Waals surface area contributed by atoms with Gasteiger partial charge in [0.05, 0.1) is 8.07 Å². The molecule has 12 heavy (non-hydrogen) atoms. The Labute approximate surface area is 119 Å². The van der Waals surface area contributed by atoms with Crippen LogP contribution in [-0.4, -0.2) is 8.07 Å². The average molecular weight is 202 g/mol. The zero-order chi connectivity index (χ0) is 8.48. The van der Waals surface area contributed by atoms with Gasteiger partial charge in [0, 0.05) is 0 Å². The predicted molar refractivity (Wildman–Crippen MR) is 53.9 cm³/mol. The predicted octanol–water partition coefficient (Wildman–Crippen LogP) is -0.582. The summed E-state index contributed by atoms with van der Waals surface area (Å²) in [6.07, 6.45) is 0.